The normalized spacial score (nSPS) is 10.6. The van der Waals surface area contributed by atoms with Gasteiger partial charge in [0.25, 0.3) is 0 Å². The Balaban J connectivity index is 1.77. The number of anilines is 1. The molecule has 0 spiro atoms. The van der Waals surface area contributed by atoms with Gasteiger partial charge in [-0.1, -0.05) is 18.2 Å². The number of aromatic nitrogens is 4. The first-order valence-electron chi connectivity index (χ1n) is 6.13. The highest BCUT2D eigenvalue weighted by atomic mass is 15.2. The summed E-state index contributed by atoms with van der Waals surface area (Å²) in [6.07, 6.45) is 5.65. The van der Waals surface area contributed by atoms with Gasteiger partial charge < -0.3 is 5.32 Å². The molecular weight excluding hydrogens is 238 g/mol. The van der Waals surface area contributed by atoms with Crippen molar-refractivity contribution in [3.63, 3.8) is 0 Å². The molecule has 0 saturated carbocycles. The number of para-hydroxylation sites is 1. The minimum atomic E-state index is 0.727. The summed E-state index contributed by atoms with van der Waals surface area (Å²) in [7, 11) is 1.90. The van der Waals surface area contributed by atoms with Crippen molar-refractivity contribution in [2.24, 2.45) is 7.05 Å². The molecule has 19 heavy (non-hydrogen) atoms. The van der Waals surface area contributed by atoms with E-state index in [9.17, 15) is 0 Å². The Labute approximate surface area is 111 Å². The van der Waals surface area contributed by atoms with Crippen LogP contribution in [-0.4, -0.2) is 20.0 Å². The lowest BCUT2D eigenvalue weighted by atomic mass is 10.1. The maximum atomic E-state index is 4.18. The Hall–Kier alpha value is -2.56. The molecule has 0 bridgehead atoms. The molecule has 3 aromatic rings. The summed E-state index contributed by atoms with van der Waals surface area (Å²) in [5.41, 5.74) is 4.28. The van der Waals surface area contributed by atoms with Crippen molar-refractivity contribution in [1.29, 1.82) is 0 Å². The Morgan fingerprint density at radius 1 is 1.21 bits per heavy atom. The van der Waals surface area contributed by atoms with Gasteiger partial charge in [-0.25, -0.2) is 0 Å². The summed E-state index contributed by atoms with van der Waals surface area (Å²) >= 11 is 0. The lowest BCUT2D eigenvalue weighted by molar-refractivity contribution is 0.768. The molecule has 0 saturated heterocycles. The molecule has 5 heteroatoms. The molecule has 0 aliphatic heterocycles. The smallest absolute Gasteiger partial charge is 0.0731 e. The van der Waals surface area contributed by atoms with Crippen LogP contribution in [0.5, 0.6) is 0 Å². The first kappa shape index (κ1) is 11.5. The summed E-state index contributed by atoms with van der Waals surface area (Å²) in [6, 6.07) is 10.1. The highest BCUT2D eigenvalue weighted by molar-refractivity contribution is 5.61. The summed E-state index contributed by atoms with van der Waals surface area (Å²) in [6.45, 7) is 0.727. The van der Waals surface area contributed by atoms with Gasteiger partial charge in [-0.15, -0.1) is 0 Å². The van der Waals surface area contributed by atoms with E-state index in [1.807, 2.05) is 56.0 Å². The predicted molar refractivity (Wildman–Crippen MR) is 74.6 cm³/mol. The molecule has 96 valence electrons. The molecule has 2 N–H and O–H groups in total. The Kier molecular flexibility index (Phi) is 3.02. The highest BCUT2D eigenvalue weighted by Crippen LogP contribution is 2.21. The summed E-state index contributed by atoms with van der Waals surface area (Å²) in [5, 5.41) is 14.7. The number of hydrogen-bond donors (Lipinski definition) is 2. The minimum absolute atomic E-state index is 0.727. The van der Waals surface area contributed by atoms with E-state index >= 15 is 0 Å². The van der Waals surface area contributed by atoms with E-state index < -0.39 is 0 Å². The molecule has 0 radical (unpaired) electrons. The van der Waals surface area contributed by atoms with E-state index in [4.69, 9.17) is 0 Å². The fraction of sp³-hybridized carbons (Fsp3) is 0.143. The van der Waals surface area contributed by atoms with Crippen molar-refractivity contribution in [2.75, 3.05) is 5.32 Å². The second-order valence-electron chi connectivity index (χ2n) is 4.39. The van der Waals surface area contributed by atoms with Crippen molar-refractivity contribution in [1.82, 2.24) is 20.0 Å². The molecule has 0 aliphatic rings. The molecule has 3 rings (SSSR count). The molecule has 0 amide bonds. The molecule has 1 aromatic carbocycles. The van der Waals surface area contributed by atoms with Gasteiger partial charge in [0.1, 0.15) is 0 Å². The highest BCUT2D eigenvalue weighted by Gasteiger charge is 2.09. The van der Waals surface area contributed by atoms with Crippen molar-refractivity contribution in [3.05, 3.63) is 54.5 Å². The maximum absolute atomic E-state index is 4.18. The zero-order chi connectivity index (χ0) is 13.1. The minimum Gasteiger partial charge on any atom is -0.381 e. The molecule has 2 aromatic heterocycles. The van der Waals surface area contributed by atoms with Crippen molar-refractivity contribution < 1.29 is 0 Å². The Morgan fingerprint density at radius 2 is 2.05 bits per heavy atom. The number of aromatic amines is 1. The average molecular weight is 253 g/mol. The van der Waals surface area contributed by atoms with E-state index in [2.05, 4.69) is 20.6 Å². The number of hydrogen-bond acceptors (Lipinski definition) is 3. The van der Waals surface area contributed by atoms with Crippen LogP contribution in [0, 0.1) is 0 Å². The van der Waals surface area contributed by atoms with Gasteiger partial charge in [0, 0.05) is 36.6 Å². The molecule has 2 heterocycles. The van der Waals surface area contributed by atoms with Gasteiger partial charge >= 0.3 is 0 Å². The fourth-order valence-electron chi connectivity index (χ4n) is 2.00. The molecular formula is C14H15N5. The third-order valence-corrected chi connectivity index (χ3v) is 2.97. The van der Waals surface area contributed by atoms with E-state index in [1.165, 1.54) is 0 Å². The number of aryl methyl sites for hydroxylation is 1. The molecule has 5 nitrogen and oxygen atoms in total. The van der Waals surface area contributed by atoms with E-state index in [0.29, 0.717) is 0 Å². The monoisotopic (exact) mass is 253 g/mol. The van der Waals surface area contributed by atoms with Crippen LogP contribution in [0.3, 0.4) is 0 Å². The predicted octanol–water partition coefficient (Wildman–Crippen LogP) is 2.42. The van der Waals surface area contributed by atoms with Crippen LogP contribution in [-0.2, 0) is 13.6 Å². The van der Waals surface area contributed by atoms with Gasteiger partial charge in [-0.2, -0.15) is 10.2 Å². The summed E-state index contributed by atoms with van der Waals surface area (Å²) in [5.74, 6) is 0. The number of H-pyrrole nitrogens is 1. The molecule has 0 unspecified atom stereocenters. The lowest BCUT2D eigenvalue weighted by Crippen LogP contribution is -1.99. The number of nitrogens with one attached hydrogen (secondary N) is 2. The second-order valence-corrected chi connectivity index (χ2v) is 4.39. The Bertz CT molecular complexity index is 653. The second kappa shape index (κ2) is 4.97. The van der Waals surface area contributed by atoms with Gasteiger partial charge in [0.15, 0.2) is 0 Å². The summed E-state index contributed by atoms with van der Waals surface area (Å²) < 4.78 is 1.78. The first-order chi connectivity index (χ1) is 9.33. The fourth-order valence-corrected chi connectivity index (χ4v) is 2.00. The van der Waals surface area contributed by atoms with Crippen LogP contribution >= 0.6 is 0 Å². The SMILES string of the molecule is Cn1cc(-c2[nH]ncc2CNc2ccccc2)cn1. The standard InChI is InChI=1S/C14H15N5/c1-19-10-12(9-17-19)14-11(8-16-18-14)7-15-13-5-3-2-4-6-13/h2-6,8-10,15H,7H2,1H3,(H,16,18). The van der Waals surface area contributed by atoms with Crippen LogP contribution in [0.1, 0.15) is 5.56 Å². The summed E-state index contributed by atoms with van der Waals surface area (Å²) in [4.78, 5) is 0. The van der Waals surface area contributed by atoms with E-state index in [0.717, 1.165) is 29.1 Å². The van der Waals surface area contributed by atoms with Gasteiger partial charge in [0.2, 0.25) is 0 Å². The number of nitrogens with zero attached hydrogens (tertiary/aromatic N) is 3. The third-order valence-electron chi connectivity index (χ3n) is 2.97. The van der Waals surface area contributed by atoms with Crippen LogP contribution in [0.25, 0.3) is 11.3 Å². The van der Waals surface area contributed by atoms with Gasteiger partial charge in [-0.05, 0) is 12.1 Å². The van der Waals surface area contributed by atoms with Gasteiger partial charge in [0.05, 0.1) is 18.1 Å². The largest absolute Gasteiger partial charge is 0.381 e. The van der Waals surface area contributed by atoms with Crippen LogP contribution in [0.15, 0.2) is 48.9 Å². The van der Waals surface area contributed by atoms with Crippen molar-refractivity contribution >= 4 is 5.69 Å². The zero-order valence-corrected chi connectivity index (χ0v) is 10.7. The molecule has 0 aliphatic carbocycles. The Morgan fingerprint density at radius 3 is 2.79 bits per heavy atom. The van der Waals surface area contributed by atoms with Crippen molar-refractivity contribution in [3.8, 4) is 11.3 Å². The molecule has 0 fully saturated rings. The quantitative estimate of drug-likeness (QED) is 0.750. The topological polar surface area (TPSA) is 58.5 Å². The average Bonchev–Trinajstić information content (AvgIpc) is 3.06. The third kappa shape index (κ3) is 2.49. The van der Waals surface area contributed by atoms with Gasteiger partial charge in [-0.3, -0.25) is 9.78 Å². The van der Waals surface area contributed by atoms with E-state index in [-0.39, 0.29) is 0 Å². The molecule has 0 atom stereocenters. The van der Waals surface area contributed by atoms with Crippen LogP contribution in [0.4, 0.5) is 5.69 Å². The number of benzene rings is 1. The van der Waals surface area contributed by atoms with Crippen LogP contribution < -0.4 is 5.32 Å². The lowest BCUT2D eigenvalue weighted by Gasteiger charge is -2.05. The van der Waals surface area contributed by atoms with E-state index in [1.54, 1.807) is 4.68 Å². The zero-order valence-electron chi connectivity index (χ0n) is 10.7. The van der Waals surface area contributed by atoms with Crippen LogP contribution in [0.2, 0.25) is 0 Å². The first-order valence-corrected chi connectivity index (χ1v) is 6.13. The number of rotatable bonds is 4. The van der Waals surface area contributed by atoms with Crippen molar-refractivity contribution in [2.45, 2.75) is 6.54 Å². The maximum Gasteiger partial charge on any atom is 0.0731 e.